The Kier molecular flexibility index (Phi) is 16.1. The molecule has 0 atom stereocenters. The van der Waals surface area contributed by atoms with Crippen LogP contribution in [-0.2, 0) is 0 Å². The van der Waals surface area contributed by atoms with Crippen molar-refractivity contribution in [2.24, 2.45) is 0 Å². The maximum Gasteiger partial charge on any atom is -0.00268 e. The predicted octanol–water partition coefficient (Wildman–Crippen LogP) is 23.3. The van der Waals surface area contributed by atoms with Gasteiger partial charge >= 0.3 is 0 Å². The molecular weight excluding hydrogens is 985 g/mol. The largest absolute Gasteiger partial charge is 0.0623 e. The Morgan fingerprint density at radius 2 is 0.280 bits per heavy atom. The third-order valence-corrected chi connectivity index (χ3v) is 15.1. The van der Waals surface area contributed by atoms with Crippen LogP contribution in [0.25, 0.3) is 119 Å². The fourth-order valence-corrected chi connectivity index (χ4v) is 11.1. The Hall–Kier alpha value is -10.7. The standard InChI is InChI=1S/C18H12.C18H14.C16H10.C14H10.C10H8.C6H6/c1-2-8-14-13(7-1)15-9-3-4-11-17(15)18-12-6-5-10-16(14)18;1-3-7-15(8-4-1)17-11-13-18(14-12-17)16-9-5-2-6-10-16;1-3-11-7-9-13-5-2-6-14-10-8-12(4-1)15(11)16(13)14;1-3-7-13-11(5-1)9-10-12-6-2-4-8-14(12)13;1-2-6-10-8-4-3-7-9(10)5-1;1-2-4-6-5-3-1/h1-12H;1-14H;1-10H;1-10H;1-8H;1-6H. The van der Waals surface area contributed by atoms with Crippen LogP contribution in [0, 0.1) is 0 Å². The Morgan fingerprint density at radius 1 is 0.0976 bits per heavy atom. The van der Waals surface area contributed by atoms with Gasteiger partial charge in [0.25, 0.3) is 0 Å². The van der Waals surface area contributed by atoms with E-state index in [0.717, 1.165) is 0 Å². The van der Waals surface area contributed by atoms with Crippen molar-refractivity contribution in [1.82, 2.24) is 0 Å². The van der Waals surface area contributed by atoms with Gasteiger partial charge in [-0.3, -0.25) is 0 Å². The average Bonchev–Trinajstić information content (AvgIpc) is 3.75. The van der Waals surface area contributed by atoms with E-state index < -0.39 is 0 Å². The highest BCUT2D eigenvalue weighted by atomic mass is 14.1. The fourth-order valence-electron chi connectivity index (χ4n) is 11.1. The molecule has 0 saturated carbocycles. The molecule has 0 heteroatoms. The number of fused-ring (bicyclic) bond motifs is 10. The lowest BCUT2D eigenvalue weighted by Crippen LogP contribution is -1.82. The molecule has 0 fully saturated rings. The van der Waals surface area contributed by atoms with Gasteiger partial charge in [0.15, 0.2) is 0 Å². The van der Waals surface area contributed by atoms with Crippen LogP contribution in [0.3, 0.4) is 0 Å². The van der Waals surface area contributed by atoms with Crippen molar-refractivity contribution >= 4 is 97.0 Å². The van der Waals surface area contributed by atoms with Crippen LogP contribution >= 0.6 is 0 Å². The minimum atomic E-state index is 1.26. The smallest absolute Gasteiger partial charge is 0.00268 e. The lowest BCUT2D eigenvalue weighted by Gasteiger charge is -2.09. The van der Waals surface area contributed by atoms with E-state index in [2.05, 4.69) is 315 Å². The number of hydrogen-bond acceptors (Lipinski definition) is 0. The van der Waals surface area contributed by atoms with Gasteiger partial charge in [-0.25, -0.2) is 0 Å². The third-order valence-electron chi connectivity index (χ3n) is 15.1. The van der Waals surface area contributed by atoms with Gasteiger partial charge < -0.3 is 0 Å². The summed E-state index contributed by atoms with van der Waals surface area (Å²) in [6.07, 6.45) is 0. The van der Waals surface area contributed by atoms with Crippen LogP contribution in [0.4, 0.5) is 0 Å². The fraction of sp³-hybridized carbons (Fsp3) is 0. The van der Waals surface area contributed by atoms with Gasteiger partial charge in [-0.2, -0.15) is 0 Å². The molecule has 17 aromatic carbocycles. The van der Waals surface area contributed by atoms with Crippen molar-refractivity contribution in [2.75, 3.05) is 0 Å². The highest BCUT2D eigenvalue weighted by Gasteiger charge is 2.08. The molecule has 0 aromatic heterocycles. The van der Waals surface area contributed by atoms with Gasteiger partial charge in [-0.05, 0) is 119 Å². The zero-order chi connectivity index (χ0) is 55.1. The van der Waals surface area contributed by atoms with Crippen LogP contribution < -0.4 is 0 Å². The summed E-state index contributed by atoms with van der Waals surface area (Å²) in [5.74, 6) is 0. The SMILES string of the molecule is c1cc2ccc3cccc4ccc(c1)c2c34.c1ccc(-c2ccc(-c3ccccc3)cc2)cc1.c1ccc2c(c1)c1ccccc1c1ccccc21.c1ccc2c(c1)ccc1ccccc12.c1ccc2ccccc2c1.c1ccccc1. The predicted molar refractivity (Wildman–Crippen MR) is 358 cm³/mol. The van der Waals surface area contributed by atoms with E-state index in [4.69, 9.17) is 0 Å². The zero-order valence-corrected chi connectivity index (χ0v) is 45.6. The highest BCUT2D eigenvalue weighted by molar-refractivity contribution is 6.25. The van der Waals surface area contributed by atoms with Crippen molar-refractivity contribution < 1.29 is 0 Å². The van der Waals surface area contributed by atoms with Gasteiger partial charge in [-0.1, -0.05) is 364 Å². The van der Waals surface area contributed by atoms with E-state index in [1.54, 1.807) is 0 Å². The Morgan fingerprint density at radius 3 is 0.561 bits per heavy atom. The molecular formula is C82H60. The first-order valence-electron chi connectivity index (χ1n) is 28.2. The molecule has 0 aliphatic rings. The molecule has 0 unspecified atom stereocenters. The second kappa shape index (κ2) is 25.4. The second-order valence-electron chi connectivity index (χ2n) is 20.2. The lowest BCUT2D eigenvalue weighted by atomic mass is 9.95. The van der Waals surface area contributed by atoms with E-state index in [0.29, 0.717) is 0 Å². The van der Waals surface area contributed by atoms with Crippen LogP contribution in [0.15, 0.2) is 364 Å². The minimum absolute atomic E-state index is 1.26. The summed E-state index contributed by atoms with van der Waals surface area (Å²) in [4.78, 5) is 0. The Bertz CT molecular complexity index is 4280. The first-order chi connectivity index (χ1) is 40.7. The van der Waals surface area contributed by atoms with E-state index in [1.165, 1.54) is 119 Å². The summed E-state index contributed by atoms with van der Waals surface area (Å²) in [5.41, 5.74) is 5.04. The van der Waals surface area contributed by atoms with Crippen molar-refractivity contribution in [3.63, 3.8) is 0 Å². The topological polar surface area (TPSA) is 0 Å². The van der Waals surface area contributed by atoms with E-state index in [9.17, 15) is 0 Å². The number of benzene rings is 17. The number of rotatable bonds is 2. The number of hydrogen-bond donors (Lipinski definition) is 0. The molecule has 0 N–H and O–H groups in total. The van der Waals surface area contributed by atoms with E-state index in [-0.39, 0.29) is 0 Å². The van der Waals surface area contributed by atoms with Crippen molar-refractivity contribution in [3.05, 3.63) is 364 Å². The second-order valence-corrected chi connectivity index (χ2v) is 20.2. The highest BCUT2D eigenvalue weighted by Crippen LogP contribution is 2.36. The maximum atomic E-state index is 2.21. The average molecular weight is 1050 g/mol. The maximum absolute atomic E-state index is 2.21. The van der Waals surface area contributed by atoms with E-state index in [1.807, 2.05) is 48.5 Å². The molecule has 0 aliphatic heterocycles. The monoisotopic (exact) mass is 1040 g/mol. The molecule has 82 heavy (non-hydrogen) atoms. The van der Waals surface area contributed by atoms with Crippen molar-refractivity contribution in [1.29, 1.82) is 0 Å². The van der Waals surface area contributed by atoms with Crippen LogP contribution in [0.2, 0.25) is 0 Å². The van der Waals surface area contributed by atoms with Gasteiger partial charge in [0.05, 0.1) is 0 Å². The summed E-state index contributed by atoms with van der Waals surface area (Å²) in [5, 5.41) is 24.1. The molecule has 0 bridgehead atoms. The summed E-state index contributed by atoms with van der Waals surface area (Å²) >= 11 is 0. The zero-order valence-electron chi connectivity index (χ0n) is 45.6. The molecule has 17 rings (SSSR count). The first-order valence-corrected chi connectivity index (χ1v) is 28.2. The summed E-state index contributed by atoms with van der Waals surface area (Å²) in [6, 6.07) is 128. The van der Waals surface area contributed by atoms with E-state index >= 15 is 0 Å². The molecule has 0 amide bonds. The summed E-state index contributed by atoms with van der Waals surface area (Å²) in [7, 11) is 0. The van der Waals surface area contributed by atoms with Crippen molar-refractivity contribution in [3.8, 4) is 22.3 Å². The molecule has 0 radical (unpaired) electrons. The van der Waals surface area contributed by atoms with Gasteiger partial charge in [-0.15, -0.1) is 0 Å². The quantitative estimate of drug-likeness (QED) is 0.151. The Labute approximate surface area is 480 Å². The van der Waals surface area contributed by atoms with Gasteiger partial charge in [0, 0.05) is 0 Å². The van der Waals surface area contributed by atoms with Gasteiger partial charge in [0.2, 0.25) is 0 Å². The molecule has 0 aliphatic carbocycles. The van der Waals surface area contributed by atoms with Crippen LogP contribution in [-0.4, -0.2) is 0 Å². The molecule has 0 spiro atoms. The van der Waals surface area contributed by atoms with Crippen LogP contribution in [0.1, 0.15) is 0 Å². The van der Waals surface area contributed by atoms with Gasteiger partial charge in [0.1, 0.15) is 0 Å². The third kappa shape index (κ3) is 11.8. The van der Waals surface area contributed by atoms with Crippen LogP contribution in [0.5, 0.6) is 0 Å². The molecule has 17 aromatic rings. The Balaban J connectivity index is 0.0000000998. The molecule has 0 nitrogen and oxygen atoms in total. The first kappa shape index (κ1) is 52.1. The molecule has 388 valence electrons. The molecule has 0 saturated heterocycles. The summed E-state index contributed by atoms with van der Waals surface area (Å²) in [6.45, 7) is 0. The minimum Gasteiger partial charge on any atom is -0.0623 e. The van der Waals surface area contributed by atoms with Crippen molar-refractivity contribution in [2.45, 2.75) is 0 Å². The lowest BCUT2D eigenvalue weighted by molar-refractivity contribution is 1.59. The normalized spacial score (nSPS) is 10.7. The summed E-state index contributed by atoms with van der Waals surface area (Å²) < 4.78 is 0. The molecule has 0 heterocycles.